The number of aliphatic hydroxyl groups is 2. The van der Waals surface area contributed by atoms with E-state index in [0.29, 0.717) is 0 Å². The highest BCUT2D eigenvalue weighted by Crippen LogP contribution is 2.35. The van der Waals surface area contributed by atoms with Crippen LogP contribution in [-0.4, -0.2) is 22.3 Å². The number of aliphatic hydroxyl groups excluding tert-OH is 1. The molecule has 0 spiro atoms. The third kappa shape index (κ3) is 3.23. The van der Waals surface area contributed by atoms with Crippen molar-refractivity contribution in [1.29, 1.82) is 0 Å². The molecule has 0 saturated heterocycles. The van der Waals surface area contributed by atoms with Crippen LogP contribution in [0.4, 0.5) is 0 Å². The minimum atomic E-state index is -1.67. The summed E-state index contributed by atoms with van der Waals surface area (Å²) in [6, 6.07) is 0. The molecule has 0 amide bonds. The van der Waals surface area contributed by atoms with Crippen molar-refractivity contribution in [2.45, 2.75) is 59.5 Å². The minimum absolute atomic E-state index is 0.268. The number of rotatable bonds is 6. The molecule has 2 N–H and O–H groups in total. The van der Waals surface area contributed by atoms with E-state index in [0.717, 1.165) is 12.8 Å². The fourth-order valence-corrected chi connectivity index (χ4v) is 2.16. The second-order valence-electron chi connectivity index (χ2n) is 4.46. The van der Waals surface area contributed by atoms with Gasteiger partial charge in [0.15, 0.2) is 0 Å². The van der Waals surface area contributed by atoms with E-state index in [9.17, 15) is 0 Å². The fourth-order valence-electron chi connectivity index (χ4n) is 2.16. The molecule has 14 heavy (non-hydrogen) atoms. The molecular weight excluding hydrogens is 180 g/mol. The third-order valence-electron chi connectivity index (χ3n) is 2.92. The van der Waals surface area contributed by atoms with Crippen molar-refractivity contribution in [3.05, 3.63) is 0 Å². The predicted molar refractivity (Wildman–Crippen MR) is 56.6 cm³/mol. The van der Waals surface area contributed by atoms with Gasteiger partial charge in [-0.1, -0.05) is 41.0 Å². The Morgan fingerprint density at radius 3 is 1.71 bits per heavy atom. The highest BCUT2D eigenvalue weighted by molar-refractivity contribution is 4.86. The average molecular weight is 204 g/mol. The molecule has 0 rings (SSSR count). The van der Waals surface area contributed by atoms with Crippen molar-refractivity contribution >= 4 is 0 Å². The van der Waals surface area contributed by atoms with Gasteiger partial charge >= 0.3 is 0 Å². The van der Waals surface area contributed by atoms with E-state index >= 15 is 0 Å². The lowest BCUT2D eigenvalue weighted by atomic mass is 9.77. The van der Waals surface area contributed by atoms with Crippen LogP contribution in [0.3, 0.4) is 0 Å². The zero-order chi connectivity index (χ0) is 11.4. The van der Waals surface area contributed by atoms with Crippen molar-refractivity contribution < 1.29 is 14.9 Å². The fraction of sp³-hybridized carbons (Fsp3) is 1.00. The molecule has 3 nitrogen and oxygen atoms in total. The first-order valence-electron chi connectivity index (χ1n) is 5.40. The van der Waals surface area contributed by atoms with Crippen LogP contribution in [0.1, 0.15) is 47.5 Å². The van der Waals surface area contributed by atoms with Gasteiger partial charge in [-0.15, -0.1) is 0 Å². The topological polar surface area (TPSA) is 49.7 Å². The molecule has 3 heteroatoms. The van der Waals surface area contributed by atoms with Crippen molar-refractivity contribution in [2.24, 2.45) is 11.8 Å². The van der Waals surface area contributed by atoms with E-state index in [1.807, 2.05) is 0 Å². The molecule has 0 aliphatic rings. The Balaban J connectivity index is 4.74. The van der Waals surface area contributed by atoms with E-state index in [-0.39, 0.29) is 11.8 Å². The summed E-state index contributed by atoms with van der Waals surface area (Å²) in [5.41, 5.74) is -0.428. The van der Waals surface area contributed by atoms with Crippen LogP contribution < -0.4 is 0 Å². The lowest BCUT2D eigenvalue weighted by molar-refractivity contribution is -0.308. The Labute approximate surface area is 87.1 Å². The predicted octanol–water partition coefficient (Wildman–Crippen LogP) is 2.12. The largest absolute Gasteiger partial charge is 0.346 e. The molecule has 0 unspecified atom stereocenters. The van der Waals surface area contributed by atoms with Crippen molar-refractivity contribution in [1.82, 2.24) is 0 Å². The number of hydrogen-bond donors (Lipinski definition) is 2. The van der Waals surface area contributed by atoms with Gasteiger partial charge in [-0.3, -0.25) is 0 Å². The summed E-state index contributed by atoms with van der Waals surface area (Å²) >= 11 is 0. The second-order valence-corrected chi connectivity index (χ2v) is 4.46. The second kappa shape index (κ2) is 5.69. The number of ether oxygens (including phenoxy) is 1. The molecule has 0 aromatic rings. The van der Waals surface area contributed by atoms with Crippen LogP contribution in [0.15, 0.2) is 0 Å². The Hall–Kier alpha value is -0.120. The van der Waals surface area contributed by atoms with Crippen molar-refractivity contribution in [3.63, 3.8) is 0 Å². The van der Waals surface area contributed by atoms with Crippen molar-refractivity contribution in [2.75, 3.05) is 0 Å². The first-order valence-corrected chi connectivity index (χ1v) is 5.40. The van der Waals surface area contributed by atoms with Gasteiger partial charge in [0, 0.05) is 0 Å². The minimum Gasteiger partial charge on any atom is -0.346 e. The molecule has 86 valence electrons. The van der Waals surface area contributed by atoms with Gasteiger partial charge in [0.1, 0.15) is 0 Å². The zero-order valence-corrected chi connectivity index (χ0v) is 9.95. The lowest BCUT2D eigenvalue weighted by Gasteiger charge is -2.41. The third-order valence-corrected chi connectivity index (χ3v) is 2.92. The molecule has 0 aliphatic heterocycles. The summed E-state index contributed by atoms with van der Waals surface area (Å²) in [6.07, 6.45) is 1.82. The van der Waals surface area contributed by atoms with E-state index in [4.69, 9.17) is 14.9 Å². The van der Waals surface area contributed by atoms with Gasteiger partial charge in [-0.25, -0.2) is 0 Å². The SMILES string of the molecule is CCCC(OC(O)O)(C(C)C)C(C)C. The highest BCUT2D eigenvalue weighted by atomic mass is 16.7. The van der Waals surface area contributed by atoms with Crippen LogP contribution in [0, 0.1) is 11.8 Å². The maximum atomic E-state index is 8.95. The summed E-state index contributed by atoms with van der Waals surface area (Å²) < 4.78 is 5.31. The standard InChI is InChI=1S/C11H24O3/c1-6-7-11(8(2)3,9(4)5)14-10(12)13/h8-10,12-13H,6-7H2,1-5H3. The first-order chi connectivity index (χ1) is 6.36. The smallest absolute Gasteiger partial charge is 0.267 e. The summed E-state index contributed by atoms with van der Waals surface area (Å²) in [5, 5.41) is 17.9. The molecule has 0 heterocycles. The van der Waals surface area contributed by atoms with Crippen LogP contribution >= 0.6 is 0 Å². The Morgan fingerprint density at radius 2 is 1.50 bits per heavy atom. The Morgan fingerprint density at radius 1 is 1.07 bits per heavy atom. The molecule has 0 bridgehead atoms. The van der Waals surface area contributed by atoms with E-state index in [1.54, 1.807) is 0 Å². The normalized spacial score (nSPS) is 13.3. The van der Waals surface area contributed by atoms with Crippen LogP contribution in [0.5, 0.6) is 0 Å². The zero-order valence-electron chi connectivity index (χ0n) is 9.95. The molecule has 0 fully saturated rings. The summed E-state index contributed by atoms with van der Waals surface area (Å²) in [6.45, 7) is 8.62. The summed E-state index contributed by atoms with van der Waals surface area (Å²) in [7, 11) is 0. The molecule has 0 aromatic heterocycles. The van der Waals surface area contributed by atoms with Gasteiger partial charge in [0.2, 0.25) is 0 Å². The molecular formula is C11H24O3. The van der Waals surface area contributed by atoms with Gasteiger partial charge < -0.3 is 14.9 Å². The average Bonchev–Trinajstić information content (AvgIpc) is 2.01. The van der Waals surface area contributed by atoms with Crippen molar-refractivity contribution in [3.8, 4) is 0 Å². The van der Waals surface area contributed by atoms with E-state index in [1.165, 1.54) is 0 Å². The summed E-state index contributed by atoms with van der Waals surface area (Å²) in [4.78, 5) is 0. The Kier molecular flexibility index (Phi) is 5.64. The summed E-state index contributed by atoms with van der Waals surface area (Å²) in [5.74, 6) is 0.536. The molecule has 0 aliphatic carbocycles. The van der Waals surface area contributed by atoms with Crippen LogP contribution in [-0.2, 0) is 4.74 Å². The molecule has 0 radical (unpaired) electrons. The van der Waals surface area contributed by atoms with Gasteiger partial charge in [-0.2, -0.15) is 0 Å². The highest BCUT2D eigenvalue weighted by Gasteiger charge is 2.38. The first kappa shape index (κ1) is 13.9. The maximum absolute atomic E-state index is 8.95. The monoisotopic (exact) mass is 204 g/mol. The maximum Gasteiger partial charge on any atom is 0.267 e. The number of hydrogen-bond acceptors (Lipinski definition) is 3. The quantitative estimate of drug-likeness (QED) is 0.652. The molecule has 0 aromatic carbocycles. The molecule has 0 atom stereocenters. The van der Waals surface area contributed by atoms with Gasteiger partial charge in [-0.05, 0) is 18.3 Å². The lowest BCUT2D eigenvalue weighted by Crippen LogP contribution is -2.46. The van der Waals surface area contributed by atoms with E-state index < -0.39 is 12.1 Å². The van der Waals surface area contributed by atoms with Gasteiger partial charge in [0.05, 0.1) is 5.60 Å². The Bertz CT molecular complexity index is 145. The molecule has 0 saturated carbocycles. The van der Waals surface area contributed by atoms with Crippen LogP contribution in [0.25, 0.3) is 0 Å². The van der Waals surface area contributed by atoms with Gasteiger partial charge in [0.25, 0.3) is 6.48 Å². The van der Waals surface area contributed by atoms with E-state index in [2.05, 4.69) is 34.6 Å². The van der Waals surface area contributed by atoms with Crippen LogP contribution in [0.2, 0.25) is 0 Å².